The average molecular weight is 289 g/mol. The standard InChI is InChI=1S/C14H18F3NS/c1-19-13(8-5-9-13)10-18-12(14(15,16)17)11-6-3-2-4-7-11/h2-4,6-7,12,18H,5,8-10H2,1H3. The third-order valence-corrected chi connectivity index (χ3v) is 5.20. The SMILES string of the molecule is CSC1(CNC(c2ccccc2)C(F)(F)F)CCC1. The van der Waals surface area contributed by atoms with Gasteiger partial charge in [-0.3, -0.25) is 0 Å². The second-order valence-electron chi connectivity index (χ2n) is 5.01. The molecule has 1 aliphatic rings. The number of rotatable bonds is 5. The molecule has 0 bridgehead atoms. The smallest absolute Gasteiger partial charge is 0.301 e. The first-order valence-corrected chi connectivity index (χ1v) is 7.59. The highest BCUT2D eigenvalue weighted by atomic mass is 32.2. The molecular formula is C14H18F3NS. The Morgan fingerprint density at radius 2 is 1.89 bits per heavy atom. The molecule has 0 aromatic heterocycles. The lowest BCUT2D eigenvalue weighted by Gasteiger charge is -2.41. The molecular weight excluding hydrogens is 271 g/mol. The number of hydrogen-bond acceptors (Lipinski definition) is 2. The molecule has 1 atom stereocenters. The number of hydrogen-bond donors (Lipinski definition) is 1. The van der Waals surface area contributed by atoms with Crippen LogP contribution in [0.3, 0.4) is 0 Å². The molecule has 0 heterocycles. The second kappa shape index (κ2) is 5.75. The third kappa shape index (κ3) is 3.45. The molecule has 5 heteroatoms. The van der Waals surface area contributed by atoms with E-state index in [-0.39, 0.29) is 10.3 Å². The van der Waals surface area contributed by atoms with Crippen LogP contribution in [-0.4, -0.2) is 23.7 Å². The Morgan fingerprint density at radius 1 is 1.26 bits per heavy atom. The molecule has 106 valence electrons. The molecule has 1 N–H and O–H groups in total. The summed E-state index contributed by atoms with van der Waals surface area (Å²) >= 11 is 1.68. The van der Waals surface area contributed by atoms with Crippen molar-refractivity contribution in [3.05, 3.63) is 35.9 Å². The molecule has 0 aliphatic heterocycles. The minimum atomic E-state index is -4.26. The van der Waals surface area contributed by atoms with E-state index < -0.39 is 12.2 Å². The van der Waals surface area contributed by atoms with Crippen molar-refractivity contribution in [1.29, 1.82) is 0 Å². The molecule has 1 saturated carbocycles. The van der Waals surface area contributed by atoms with Crippen molar-refractivity contribution in [2.45, 2.75) is 36.2 Å². The van der Waals surface area contributed by atoms with Crippen molar-refractivity contribution in [1.82, 2.24) is 5.32 Å². The highest BCUT2D eigenvalue weighted by Gasteiger charge is 2.43. The van der Waals surface area contributed by atoms with Crippen LogP contribution < -0.4 is 5.32 Å². The zero-order valence-corrected chi connectivity index (χ0v) is 11.7. The Bertz CT molecular complexity index is 395. The van der Waals surface area contributed by atoms with Crippen molar-refractivity contribution in [3.8, 4) is 0 Å². The second-order valence-corrected chi connectivity index (χ2v) is 6.28. The van der Waals surface area contributed by atoms with E-state index in [9.17, 15) is 13.2 Å². The summed E-state index contributed by atoms with van der Waals surface area (Å²) in [5.41, 5.74) is 0.283. The number of halogens is 3. The van der Waals surface area contributed by atoms with Crippen LogP contribution in [0.15, 0.2) is 30.3 Å². The van der Waals surface area contributed by atoms with Gasteiger partial charge in [-0.25, -0.2) is 0 Å². The lowest BCUT2D eigenvalue weighted by atomic mass is 9.84. The van der Waals surface area contributed by atoms with Crippen molar-refractivity contribution >= 4 is 11.8 Å². The molecule has 1 aromatic carbocycles. The Hall–Kier alpha value is -0.680. The third-order valence-electron chi connectivity index (χ3n) is 3.79. The lowest BCUT2D eigenvalue weighted by molar-refractivity contribution is -0.158. The Kier molecular flexibility index (Phi) is 4.46. The zero-order chi connectivity index (χ0) is 13.9. The average Bonchev–Trinajstić information content (AvgIpc) is 2.32. The summed E-state index contributed by atoms with van der Waals surface area (Å²) in [4.78, 5) is 0. The maximum Gasteiger partial charge on any atom is 0.407 e. The summed E-state index contributed by atoms with van der Waals surface area (Å²) in [6.07, 6.45) is 0.836. The highest BCUT2D eigenvalue weighted by molar-refractivity contribution is 8.00. The predicted molar refractivity (Wildman–Crippen MR) is 73.3 cm³/mol. The monoisotopic (exact) mass is 289 g/mol. The maximum absolute atomic E-state index is 13.1. The van der Waals surface area contributed by atoms with Gasteiger partial charge in [-0.2, -0.15) is 24.9 Å². The molecule has 1 aromatic rings. The van der Waals surface area contributed by atoms with Gasteiger partial charge in [0.05, 0.1) is 0 Å². The van der Waals surface area contributed by atoms with E-state index in [1.165, 1.54) is 12.1 Å². The number of nitrogens with one attached hydrogen (secondary N) is 1. The highest BCUT2D eigenvalue weighted by Crippen LogP contribution is 2.43. The molecule has 1 aliphatic carbocycles. The summed E-state index contributed by atoms with van der Waals surface area (Å²) < 4.78 is 39.4. The minimum absolute atomic E-state index is 0.00171. The van der Waals surface area contributed by atoms with Gasteiger partial charge in [0.15, 0.2) is 0 Å². The van der Waals surface area contributed by atoms with Gasteiger partial charge in [-0.1, -0.05) is 36.8 Å². The van der Waals surface area contributed by atoms with E-state index in [0.717, 1.165) is 19.3 Å². The quantitative estimate of drug-likeness (QED) is 0.873. The minimum Gasteiger partial charge on any atom is -0.301 e. The fraction of sp³-hybridized carbons (Fsp3) is 0.571. The van der Waals surface area contributed by atoms with Crippen LogP contribution in [0.1, 0.15) is 30.9 Å². The van der Waals surface area contributed by atoms with Crippen LogP contribution in [0.2, 0.25) is 0 Å². The predicted octanol–water partition coefficient (Wildman–Crippen LogP) is 4.17. The van der Waals surface area contributed by atoms with Gasteiger partial charge in [-0.05, 0) is 24.7 Å². The first-order valence-electron chi connectivity index (χ1n) is 6.37. The van der Waals surface area contributed by atoms with Crippen LogP contribution in [0.25, 0.3) is 0 Å². The molecule has 0 radical (unpaired) electrons. The van der Waals surface area contributed by atoms with Gasteiger partial charge in [0.25, 0.3) is 0 Å². The van der Waals surface area contributed by atoms with Crippen molar-refractivity contribution in [3.63, 3.8) is 0 Å². The first kappa shape index (κ1) is 14.7. The van der Waals surface area contributed by atoms with Crippen LogP contribution in [0, 0.1) is 0 Å². The van der Waals surface area contributed by atoms with Crippen molar-refractivity contribution in [2.75, 3.05) is 12.8 Å². The first-order chi connectivity index (χ1) is 8.97. The topological polar surface area (TPSA) is 12.0 Å². The zero-order valence-electron chi connectivity index (χ0n) is 10.8. The molecule has 19 heavy (non-hydrogen) atoms. The summed E-state index contributed by atoms with van der Waals surface area (Å²) in [5.74, 6) is 0. The molecule has 1 nitrogen and oxygen atoms in total. The normalized spacial score (nSPS) is 19.8. The number of thioether (sulfide) groups is 1. The van der Waals surface area contributed by atoms with Gasteiger partial charge in [0.1, 0.15) is 6.04 Å². The fourth-order valence-corrected chi connectivity index (χ4v) is 3.30. The largest absolute Gasteiger partial charge is 0.407 e. The molecule has 0 saturated heterocycles. The Labute approximate surface area is 116 Å². The van der Waals surface area contributed by atoms with E-state index in [0.29, 0.717) is 6.54 Å². The van der Waals surface area contributed by atoms with Crippen molar-refractivity contribution < 1.29 is 13.2 Å². The van der Waals surface area contributed by atoms with Gasteiger partial charge in [0.2, 0.25) is 0 Å². The molecule has 0 amide bonds. The summed E-state index contributed by atoms with van der Waals surface area (Å²) in [6, 6.07) is 6.49. The Balaban J connectivity index is 2.07. The van der Waals surface area contributed by atoms with Crippen LogP contribution >= 0.6 is 11.8 Å². The molecule has 0 spiro atoms. The lowest BCUT2D eigenvalue weighted by Crippen LogP contribution is -2.47. The van der Waals surface area contributed by atoms with Crippen molar-refractivity contribution in [2.24, 2.45) is 0 Å². The van der Waals surface area contributed by atoms with E-state index >= 15 is 0 Å². The molecule has 2 rings (SSSR count). The van der Waals surface area contributed by atoms with Crippen LogP contribution in [0.5, 0.6) is 0 Å². The number of benzene rings is 1. The van der Waals surface area contributed by atoms with E-state index in [1.54, 1.807) is 30.0 Å². The van der Waals surface area contributed by atoms with Crippen LogP contribution in [-0.2, 0) is 0 Å². The van der Waals surface area contributed by atoms with Crippen LogP contribution in [0.4, 0.5) is 13.2 Å². The van der Waals surface area contributed by atoms with E-state index in [1.807, 2.05) is 6.26 Å². The maximum atomic E-state index is 13.1. The Morgan fingerprint density at radius 3 is 2.32 bits per heavy atom. The van der Waals surface area contributed by atoms with Gasteiger partial charge < -0.3 is 5.32 Å². The molecule has 1 unspecified atom stereocenters. The summed E-state index contributed by atoms with van der Waals surface area (Å²) in [6.45, 7) is 0.410. The summed E-state index contributed by atoms with van der Waals surface area (Å²) in [7, 11) is 0. The fourth-order valence-electron chi connectivity index (χ4n) is 2.38. The summed E-state index contributed by atoms with van der Waals surface area (Å²) in [5, 5.41) is 2.72. The van der Waals surface area contributed by atoms with E-state index in [2.05, 4.69) is 5.32 Å². The molecule has 1 fully saturated rings. The van der Waals surface area contributed by atoms with Gasteiger partial charge >= 0.3 is 6.18 Å². The van der Waals surface area contributed by atoms with Gasteiger partial charge in [-0.15, -0.1) is 0 Å². The number of alkyl halides is 3. The van der Waals surface area contributed by atoms with Gasteiger partial charge in [0, 0.05) is 11.3 Å². The van der Waals surface area contributed by atoms with E-state index in [4.69, 9.17) is 0 Å².